The maximum absolute atomic E-state index is 4.84. The average Bonchev–Trinajstić information content (AvgIpc) is 3.16. The maximum atomic E-state index is 4.84. The fraction of sp³-hybridized carbons (Fsp3) is 0.333. The first-order valence-corrected chi connectivity index (χ1v) is 7.98. The number of rotatable bonds is 3. The van der Waals surface area contributed by atoms with Crippen LogP contribution in [0, 0.1) is 6.92 Å². The first-order valence-electron chi connectivity index (χ1n) is 7.98. The Balaban J connectivity index is 1.85. The van der Waals surface area contributed by atoms with Crippen LogP contribution in [-0.4, -0.2) is 20.4 Å². The first kappa shape index (κ1) is 13.3. The van der Waals surface area contributed by atoms with Crippen molar-refractivity contribution in [3.05, 3.63) is 48.4 Å². The van der Waals surface area contributed by atoms with Crippen LogP contribution in [0.2, 0.25) is 0 Å². The van der Waals surface area contributed by atoms with Crippen molar-refractivity contribution in [2.24, 2.45) is 0 Å². The summed E-state index contributed by atoms with van der Waals surface area (Å²) in [7, 11) is 0. The van der Waals surface area contributed by atoms with E-state index in [1.807, 2.05) is 25.3 Å². The lowest BCUT2D eigenvalue weighted by Crippen LogP contribution is -2.16. The van der Waals surface area contributed by atoms with Crippen molar-refractivity contribution in [1.29, 1.82) is 0 Å². The lowest BCUT2D eigenvalue weighted by atomic mass is 10.1. The topological polar surface area (TPSA) is 42.2 Å². The number of anilines is 1. The molecular weight excluding hydrogens is 272 g/mol. The van der Waals surface area contributed by atoms with Gasteiger partial charge in [-0.05, 0) is 44.0 Å². The Labute approximate surface area is 130 Å². The summed E-state index contributed by atoms with van der Waals surface area (Å²) in [5.74, 6) is 1.10. The van der Waals surface area contributed by atoms with Crippen LogP contribution in [0.25, 0.3) is 16.9 Å². The summed E-state index contributed by atoms with van der Waals surface area (Å²) in [4.78, 5) is 9.14. The second-order valence-electron chi connectivity index (χ2n) is 6.05. The van der Waals surface area contributed by atoms with Gasteiger partial charge in [-0.25, -0.2) is 4.98 Å². The van der Waals surface area contributed by atoms with Crippen LogP contribution >= 0.6 is 0 Å². The third-order valence-corrected chi connectivity index (χ3v) is 4.40. The number of pyridine rings is 2. The molecular formula is C18H20N4. The number of nitrogens with zero attached hydrogens (tertiary/aromatic N) is 3. The van der Waals surface area contributed by atoms with Crippen molar-refractivity contribution in [3.8, 4) is 11.3 Å². The Bertz CT molecular complexity index is 800. The van der Waals surface area contributed by atoms with Crippen molar-refractivity contribution in [3.63, 3.8) is 0 Å². The molecule has 0 unspecified atom stereocenters. The number of aromatic nitrogens is 3. The molecule has 4 nitrogen and oxygen atoms in total. The second-order valence-corrected chi connectivity index (χ2v) is 6.05. The van der Waals surface area contributed by atoms with E-state index in [1.165, 1.54) is 25.7 Å². The van der Waals surface area contributed by atoms with Gasteiger partial charge in [0.15, 0.2) is 0 Å². The molecule has 0 bridgehead atoms. The average molecular weight is 292 g/mol. The molecule has 0 spiro atoms. The van der Waals surface area contributed by atoms with Crippen LogP contribution < -0.4 is 5.32 Å². The Hall–Kier alpha value is -2.36. The summed E-state index contributed by atoms with van der Waals surface area (Å²) in [5.41, 5.74) is 4.13. The van der Waals surface area contributed by atoms with E-state index in [1.54, 1.807) is 0 Å². The number of imidazole rings is 1. The highest BCUT2D eigenvalue weighted by Gasteiger charge is 2.20. The van der Waals surface area contributed by atoms with E-state index in [4.69, 9.17) is 4.98 Å². The number of nitrogens with one attached hydrogen (secondary N) is 1. The molecule has 0 atom stereocenters. The fourth-order valence-electron chi connectivity index (χ4n) is 3.29. The Morgan fingerprint density at radius 1 is 1.18 bits per heavy atom. The molecule has 22 heavy (non-hydrogen) atoms. The highest BCUT2D eigenvalue weighted by Crippen LogP contribution is 2.31. The third kappa shape index (κ3) is 2.34. The number of hydrogen-bond donors (Lipinski definition) is 1. The Morgan fingerprint density at radius 3 is 2.86 bits per heavy atom. The normalized spacial score (nSPS) is 15.5. The van der Waals surface area contributed by atoms with Gasteiger partial charge in [0.05, 0.1) is 0 Å². The number of fused-ring (bicyclic) bond motifs is 1. The third-order valence-electron chi connectivity index (χ3n) is 4.40. The molecule has 0 radical (unpaired) electrons. The van der Waals surface area contributed by atoms with Gasteiger partial charge >= 0.3 is 0 Å². The Morgan fingerprint density at radius 2 is 2.05 bits per heavy atom. The highest BCUT2D eigenvalue weighted by molar-refractivity contribution is 5.76. The molecule has 1 N–H and O–H groups in total. The number of aryl methyl sites for hydroxylation is 1. The van der Waals surface area contributed by atoms with E-state index in [2.05, 4.69) is 39.1 Å². The monoisotopic (exact) mass is 292 g/mol. The molecule has 112 valence electrons. The van der Waals surface area contributed by atoms with Gasteiger partial charge in [-0.15, -0.1) is 0 Å². The largest absolute Gasteiger partial charge is 0.367 e. The van der Waals surface area contributed by atoms with Crippen LogP contribution in [0.3, 0.4) is 0 Å². The molecule has 4 rings (SSSR count). The van der Waals surface area contributed by atoms with Crippen molar-refractivity contribution in [1.82, 2.24) is 14.4 Å². The van der Waals surface area contributed by atoms with Gasteiger partial charge in [0, 0.05) is 29.7 Å². The molecule has 0 aliphatic heterocycles. The summed E-state index contributed by atoms with van der Waals surface area (Å²) in [6.07, 6.45) is 9.06. The summed E-state index contributed by atoms with van der Waals surface area (Å²) in [6, 6.07) is 10.8. The zero-order chi connectivity index (χ0) is 14.9. The van der Waals surface area contributed by atoms with Crippen molar-refractivity contribution in [2.75, 3.05) is 5.32 Å². The quantitative estimate of drug-likeness (QED) is 0.791. The van der Waals surface area contributed by atoms with Crippen molar-refractivity contribution in [2.45, 2.75) is 38.6 Å². The van der Waals surface area contributed by atoms with E-state index < -0.39 is 0 Å². The van der Waals surface area contributed by atoms with Gasteiger partial charge in [0.2, 0.25) is 0 Å². The van der Waals surface area contributed by atoms with E-state index >= 15 is 0 Å². The van der Waals surface area contributed by atoms with Crippen LogP contribution in [0.4, 0.5) is 5.82 Å². The summed E-state index contributed by atoms with van der Waals surface area (Å²) in [6.45, 7) is 2.02. The van der Waals surface area contributed by atoms with E-state index in [0.29, 0.717) is 6.04 Å². The molecule has 1 aliphatic rings. The maximum Gasteiger partial charge on any atom is 0.139 e. The van der Waals surface area contributed by atoms with Crippen molar-refractivity contribution >= 4 is 11.5 Å². The van der Waals surface area contributed by atoms with Gasteiger partial charge in [0.25, 0.3) is 0 Å². The Kier molecular flexibility index (Phi) is 3.29. The minimum absolute atomic E-state index is 0.557. The lowest BCUT2D eigenvalue weighted by molar-refractivity contribution is 0.749. The molecule has 1 saturated carbocycles. The predicted octanol–water partition coefficient (Wildman–Crippen LogP) is 4.06. The molecule has 1 fully saturated rings. The minimum Gasteiger partial charge on any atom is -0.367 e. The predicted molar refractivity (Wildman–Crippen MR) is 89.0 cm³/mol. The zero-order valence-electron chi connectivity index (χ0n) is 12.8. The van der Waals surface area contributed by atoms with E-state index in [9.17, 15) is 0 Å². The lowest BCUT2D eigenvalue weighted by Gasteiger charge is -2.14. The van der Waals surface area contributed by atoms with Crippen LogP contribution in [0.5, 0.6) is 0 Å². The second kappa shape index (κ2) is 5.44. The van der Waals surface area contributed by atoms with Gasteiger partial charge in [-0.1, -0.05) is 18.9 Å². The van der Waals surface area contributed by atoms with Gasteiger partial charge < -0.3 is 5.32 Å². The molecule has 3 heterocycles. The van der Waals surface area contributed by atoms with Gasteiger partial charge in [-0.3, -0.25) is 9.38 Å². The first-order chi connectivity index (χ1) is 10.8. The summed E-state index contributed by atoms with van der Waals surface area (Å²) < 4.78 is 2.16. The molecule has 3 aromatic rings. The molecule has 3 aromatic heterocycles. The summed E-state index contributed by atoms with van der Waals surface area (Å²) >= 11 is 0. The van der Waals surface area contributed by atoms with Crippen LogP contribution in [0.1, 0.15) is 31.4 Å². The molecule has 0 aromatic carbocycles. The molecule has 1 aliphatic carbocycles. The minimum atomic E-state index is 0.557. The zero-order valence-corrected chi connectivity index (χ0v) is 12.8. The van der Waals surface area contributed by atoms with E-state index in [0.717, 1.165) is 28.4 Å². The van der Waals surface area contributed by atoms with Crippen LogP contribution in [0.15, 0.2) is 42.7 Å². The standard InChI is InChI=1S/C18H20N4/c1-13-12-14(9-10-19-13)17-18(20-15-6-2-3-7-15)22-11-5-4-8-16(22)21-17/h4-5,8-12,15,20H,2-3,6-7H2,1H3. The highest BCUT2D eigenvalue weighted by atomic mass is 15.1. The van der Waals surface area contributed by atoms with Crippen LogP contribution in [-0.2, 0) is 0 Å². The molecule has 4 heteroatoms. The fourth-order valence-corrected chi connectivity index (χ4v) is 3.29. The van der Waals surface area contributed by atoms with E-state index in [-0.39, 0.29) is 0 Å². The van der Waals surface area contributed by atoms with Gasteiger partial charge in [-0.2, -0.15) is 0 Å². The molecule has 0 amide bonds. The summed E-state index contributed by atoms with van der Waals surface area (Å²) in [5, 5.41) is 3.73. The number of hydrogen-bond acceptors (Lipinski definition) is 3. The molecule has 0 saturated heterocycles. The van der Waals surface area contributed by atoms with Gasteiger partial charge in [0.1, 0.15) is 17.2 Å². The SMILES string of the molecule is Cc1cc(-c2nc3ccccn3c2NC2CCCC2)ccn1. The van der Waals surface area contributed by atoms with Crippen molar-refractivity contribution < 1.29 is 0 Å². The smallest absolute Gasteiger partial charge is 0.139 e.